The molecule has 168 valence electrons. The quantitative estimate of drug-likeness (QED) is 0.293. The maximum atomic E-state index is 6.40. The van der Waals surface area contributed by atoms with Gasteiger partial charge in [-0.1, -0.05) is 23.7 Å². The number of halogens is 1. The van der Waals surface area contributed by atoms with Gasteiger partial charge in [-0.2, -0.15) is 4.98 Å². The van der Waals surface area contributed by atoms with Crippen LogP contribution in [-0.4, -0.2) is 22.1 Å². The lowest BCUT2D eigenvalue weighted by Gasteiger charge is -2.11. The van der Waals surface area contributed by atoms with Crippen molar-refractivity contribution in [3.05, 3.63) is 83.9 Å². The molecule has 34 heavy (non-hydrogen) atoms. The van der Waals surface area contributed by atoms with E-state index in [9.17, 15) is 0 Å². The fourth-order valence-corrected chi connectivity index (χ4v) is 3.90. The zero-order valence-corrected chi connectivity index (χ0v) is 19.0. The minimum Gasteiger partial charge on any atom is -0.497 e. The Morgan fingerprint density at radius 2 is 1.59 bits per heavy atom. The Morgan fingerprint density at radius 3 is 2.35 bits per heavy atom. The Morgan fingerprint density at radius 1 is 0.794 bits per heavy atom. The van der Waals surface area contributed by atoms with Gasteiger partial charge in [0.2, 0.25) is 5.95 Å². The molecule has 7 nitrogen and oxygen atoms in total. The standard InChI is InChI=1S/C26H21ClN6O/c1-34-19-8-5-15(6-9-19)23-13-21(28)20-12-18(7-10-22(20)31-23)30-25-14-24(32-26(29)33-25)16-3-2-4-17(27)11-16/h2-14H,1H3,(H2,28,31)(H3,29,30,32,33). The number of methoxy groups -OCH3 is 1. The van der Waals surface area contributed by atoms with Gasteiger partial charge in [0, 0.05) is 39.0 Å². The number of pyridine rings is 1. The van der Waals surface area contributed by atoms with Crippen molar-refractivity contribution >= 4 is 45.6 Å². The van der Waals surface area contributed by atoms with E-state index in [1.54, 1.807) is 7.11 Å². The summed E-state index contributed by atoms with van der Waals surface area (Å²) < 4.78 is 5.23. The Balaban J connectivity index is 1.46. The molecule has 0 saturated carbocycles. The third-order valence-electron chi connectivity index (χ3n) is 5.36. The molecule has 2 aromatic heterocycles. The molecule has 0 amide bonds. The second-order valence-corrected chi connectivity index (χ2v) is 8.13. The summed E-state index contributed by atoms with van der Waals surface area (Å²) in [4.78, 5) is 13.4. The zero-order chi connectivity index (χ0) is 23.7. The van der Waals surface area contributed by atoms with Gasteiger partial charge in [0.15, 0.2) is 0 Å². The molecule has 3 aromatic carbocycles. The van der Waals surface area contributed by atoms with Crippen molar-refractivity contribution in [3.63, 3.8) is 0 Å². The third-order valence-corrected chi connectivity index (χ3v) is 5.60. The molecule has 8 heteroatoms. The largest absolute Gasteiger partial charge is 0.497 e. The summed E-state index contributed by atoms with van der Waals surface area (Å²) in [5.74, 6) is 1.51. The van der Waals surface area contributed by atoms with Crippen LogP contribution in [-0.2, 0) is 0 Å². The van der Waals surface area contributed by atoms with Crippen LogP contribution < -0.4 is 21.5 Å². The molecule has 0 aliphatic carbocycles. The van der Waals surface area contributed by atoms with Crippen molar-refractivity contribution in [2.75, 3.05) is 23.9 Å². The summed E-state index contributed by atoms with van der Waals surface area (Å²) in [7, 11) is 1.64. The highest BCUT2D eigenvalue weighted by Gasteiger charge is 2.10. The highest BCUT2D eigenvalue weighted by Crippen LogP contribution is 2.31. The molecule has 0 saturated heterocycles. The van der Waals surface area contributed by atoms with Crippen molar-refractivity contribution in [2.45, 2.75) is 0 Å². The third kappa shape index (κ3) is 4.42. The minimum absolute atomic E-state index is 0.158. The van der Waals surface area contributed by atoms with Gasteiger partial charge >= 0.3 is 0 Å². The maximum Gasteiger partial charge on any atom is 0.222 e. The first-order valence-corrected chi connectivity index (χ1v) is 10.9. The summed E-state index contributed by atoms with van der Waals surface area (Å²) in [6.07, 6.45) is 0. The SMILES string of the molecule is COc1ccc(-c2cc(N)c3cc(Nc4cc(-c5cccc(Cl)c5)nc(N)n4)ccc3n2)cc1. The van der Waals surface area contributed by atoms with Crippen LogP contribution in [0.3, 0.4) is 0 Å². The number of aromatic nitrogens is 3. The fraction of sp³-hybridized carbons (Fsp3) is 0.0385. The zero-order valence-electron chi connectivity index (χ0n) is 18.3. The minimum atomic E-state index is 0.158. The van der Waals surface area contributed by atoms with E-state index in [-0.39, 0.29) is 5.95 Å². The van der Waals surface area contributed by atoms with Gasteiger partial charge in [-0.25, -0.2) is 9.97 Å². The summed E-state index contributed by atoms with van der Waals surface area (Å²) in [6, 6.07) is 24.6. The summed E-state index contributed by atoms with van der Waals surface area (Å²) >= 11 is 6.12. The molecule has 5 N–H and O–H groups in total. The summed E-state index contributed by atoms with van der Waals surface area (Å²) in [5, 5.41) is 4.74. The predicted octanol–water partition coefficient (Wildman–Crippen LogP) is 5.93. The highest BCUT2D eigenvalue weighted by molar-refractivity contribution is 6.30. The molecular weight excluding hydrogens is 448 g/mol. The van der Waals surface area contributed by atoms with E-state index >= 15 is 0 Å². The average Bonchev–Trinajstić information content (AvgIpc) is 2.84. The van der Waals surface area contributed by atoms with E-state index < -0.39 is 0 Å². The lowest BCUT2D eigenvalue weighted by Crippen LogP contribution is -2.02. The smallest absolute Gasteiger partial charge is 0.222 e. The van der Waals surface area contributed by atoms with Crippen LogP contribution in [0.2, 0.25) is 5.02 Å². The number of nitrogens with two attached hydrogens (primary N) is 2. The molecule has 2 heterocycles. The molecule has 0 atom stereocenters. The molecule has 0 radical (unpaired) electrons. The van der Waals surface area contributed by atoms with Crippen molar-refractivity contribution in [1.82, 2.24) is 15.0 Å². The molecule has 5 rings (SSSR count). The fourth-order valence-electron chi connectivity index (χ4n) is 3.71. The van der Waals surface area contributed by atoms with Crippen molar-refractivity contribution in [1.29, 1.82) is 0 Å². The van der Waals surface area contributed by atoms with E-state index in [1.807, 2.05) is 78.9 Å². The first-order valence-electron chi connectivity index (χ1n) is 10.5. The lowest BCUT2D eigenvalue weighted by molar-refractivity contribution is 0.415. The van der Waals surface area contributed by atoms with E-state index in [1.165, 1.54) is 0 Å². The van der Waals surface area contributed by atoms with E-state index in [4.69, 9.17) is 32.8 Å². The van der Waals surface area contributed by atoms with Crippen LogP contribution in [0, 0.1) is 0 Å². The summed E-state index contributed by atoms with van der Waals surface area (Å²) in [6.45, 7) is 0. The molecular formula is C26H21ClN6O. The number of ether oxygens (including phenoxy) is 1. The van der Waals surface area contributed by atoms with Crippen LogP contribution in [0.15, 0.2) is 78.9 Å². The molecule has 0 aliphatic heterocycles. The number of rotatable bonds is 5. The number of hydrogen-bond acceptors (Lipinski definition) is 7. The van der Waals surface area contributed by atoms with Crippen molar-refractivity contribution < 1.29 is 4.74 Å². The topological polar surface area (TPSA) is 112 Å². The monoisotopic (exact) mass is 468 g/mol. The normalized spacial score (nSPS) is 10.9. The Bertz CT molecular complexity index is 1500. The first-order chi connectivity index (χ1) is 16.5. The van der Waals surface area contributed by atoms with E-state index in [0.29, 0.717) is 22.2 Å². The van der Waals surface area contributed by atoms with Gasteiger partial charge < -0.3 is 21.5 Å². The Labute approximate surface area is 201 Å². The molecule has 0 bridgehead atoms. The van der Waals surface area contributed by atoms with Crippen LogP contribution in [0.4, 0.5) is 23.1 Å². The highest BCUT2D eigenvalue weighted by atomic mass is 35.5. The number of nitrogen functional groups attached to an aromatic ring is 2. The van der Waals surface area contributed by atoms with E-state index in [0.717, 1.165) is 39.2 Å². The number of anilines is 4. The van der Waals surface area contributed by atoms with Gasteiger partial charge in [0.25, 0.3) is 0 Å². The molecule has 0 unspecified atom stereocenters. The Hall–Kier alpha value is -4.36. The lowest BCUT2D eigenvalue weighted by atomic mass is 10.1. The number of nitrogens with one attached hydrogen (secondary N) is 1. The average molecular weight is 469 g/mol. The van der Waals surface area contributed by atoms with Gasteiger partial charge in [-0.3, -0.25) is 0 Å². The molecule has 5 aromatic rings. The summed E-state index contributed by atoms with van der Waals surface area (Å²) in [5.41, 5.74) is 17.9. The van der Waals surface area contributed by atoms with Gasteiger partial charge in [-0.15, -0.1) is 0 Å². The maximum absolute atomic E-state index is 6.40. The second-order valence-electron chi connectivity index (χ2n) is 7.69. The predicted molar refractivity (Wildman–Crippen MR) is 138 cm³/mol. The second kappa shape index (κ2) is 8.88. The van der Waals surface area contributed by atoms with Crippen LogP contribution in [0.25, 0.3) is 33.4 Å². The number of hydrogen-bond donors (Lipinski definition) is 3. The first kappa shape index (κ1) is 21.5. The molecule has 0 fully saturated rings. The number of fused-ring (bicyclic) bond motifs is 1. The van der Waals surface area contributed by atoms with Gasteiger partial charge in [0.1, 0.15) is 11.6 Å². The van der Waals surface area contributed by atoms with Crippen molar-refractivity contribution in [3.8, 4) is 28.3 Å². The Kier molecular flexibility index (Phi) is 5.61. The van der Waals surface area contributed by atoms with Crippen LogP contribution in [0.1, 0.15) is 0 Å². The number of nitrogens with zero attached hydrogens (tertiary/aromatic N) is 3. The number of benzene rings is 3. The molecule has 0 aliphatic rings. The van der Waals surface area contributed by atoms with Crippen LogP contribution in [0.5, 0.6) is 5.75 Å². The van der Waals surface area contributed by atoms with Crippen molar-refractivity contribution in [2.24, 2.45) is 0 Å². The van der Waals surface area contributed by atoms with Gasteiger partial charge in [0.05, 0.1) is 24.0 Å². The van der Waals surface area contributed by atoms with Gasteiger partial charge in [-0.05, 0) is 60.7 Å². The van der Waals surface area contributed by atoms with Crippen LogP contribution >= 0.6 is 11.6 Å². The van der Waals surface area contributed by atoms with E-state index in [2.05, 4.69) is 15.3 Å². The molecule has 0 spiro atoms.